The van der Waals surface area contributed by atoms with Gasteiger partial charge in [0.2, 0.25) is 0 Å². The molecule has 0 radical (unpaired) electrons. The summed E-state index contributed by atoms with van der Waals surface area (Å²) in [5.41, 5.74) is 0.615. The lowest BCUT2D eigenvalue weighted by Crippen LogP contribution is -2.56. The molecule has 0 aromatic rings. The van der Waals surface area contributed by atoms with Gasteiger partial charge in [0.15, 0.2) is 0 Å². The van der Waals surface area contributed by atoms with Crippen molar-refractivity contribution in [2.24, 2.45) is 23.2 Å². The molecule has 0 aliphatic heterocycles. The standard InChI is InChI=1S/C12H20BrN/c1-14-7-12-5-8-2-9(6-12)4-10(3-8)11(12)13/h8-11,14H,2-7H2,1H3/t8-,9+,10?,11?,12?. The van der Waals surface area contributed by atoms with E-state index in [1.54, 1.807) is 6.42 Å². The highest BCUT2D eigenvalue weighted by Gasteiger charge is 2.55. The molecule has 80 valence electrons. The normalized spacial score (nSPS) is 55.3. The predicted molar refractivity (Wildman–Crippen MR) is 62.6 cm³/mol. The van der Waals surface area contributed by atoms with E-state index < -0.39 is 0 Å². The second-order valence-electron chi connectivity index (χ2n) is 5.90. The number of hydrogen-bond donors (Lipinski definition) is 1. The third-order valence-corrected chi connectivity index (χ3v) is 6.58. The molecule has 1 nitrogen and oxygen atoms in total. The Bertz CT molecular complexity index is 226. The fraction of sp³-hybridized carbons (Fsp3) is 1.00. The Labute approximate surface area is 95.2 Å². The van der Waals surface area contributed by atoms with Crippen LogP contribution in [0.25, 0.3) is 0 Å². The molecule has 4 aliphatic rings. The Balaban J connectivity index is 1.89. The summed E-state index contributed by atoms with van der Waals surface area (Å²) in [6.07, 6.45) is 7.53. The Kier molecular flexibility index (Phi) is 2.22. The van der Waals surface area contributed by atoms with Crippen molar-refractivity contribution in [3.63, 3.8) is 0 Å². The van der Waals surface area contributed by atoms with Crippen LogP contribution in [0, 0.1) is 23.2 Å². The fourth-order valence-electron chi connectivity index (χ4n) is 4.74. The maximum Gasteiger partial charge on any atom is 0.0243 e. The number of alkyl halides is 1. The number of nitrogens with one attached hydrogen (secondary N) is 1. The van der Waals surface area contributed by atoms with Crippen molar-refractivity contribution in [3.8, 4) is 0 Å². The molecular formula is C12H20BrN. The first kappa shape index (κ1) is 9.65. The van der Waals surface area contributed by atoms with Gasteiger partial charge >= 0.3 is 0 Å². The Hall–Kier alpha value is 0.440. The molecule has 0 heterocycles. The van der Waals surface area contributed by atoms with Gasteiger partial charge in [0.1, 0.15) is 0 Å². The van der Waals surface area contributed by atoms with Gasteiger partial charge in [-0.1, -0.05) is 15.9 Å². The first-order valence-electron chi connectivity index (χ1n) is 6.02. The lowest BCUT2D eigenvalue weighted by atomic mass is 9.49. The predicted octanol–water partition coefficient (Wildman–Crippen LogP) is 2.80. The molecule has 0 spiro atoms. The van der Waals surface area contributed by atoms with Crippen LogP contribution in [0.15, 0.2) is 0 Å². The first-order valence-corrected chi connectivity index (χ1v) is 6.94. The van der Waals surface area contributed by atoms with Crippen molar-refractivity contribution in [1.82, 2.24) is 5.32 Å². The summed E-state index contributed by atoms with van der Waals surface area (Å²) >= 11 is 4.00. The molecule has 0 amide bonds. The zero-order valence-electron chi connectivity index (χ0n) is 8.93. The summed E-state index contributed by atoms with van der Waals surface area (Å²) in [6, 6.07) is 0. The zero-order chi connectivity index (χ0) is 9.76. The van der Waals surface area contributed by atoms with Gasteiger partial charge in [-0.3, -0.25) is 0 Å². The summed E-state index contributed by atoms with van der Waals surface area (Å²) in [4.78, 5) is 0.801. The molecule has 4 rings (SSSR count). The third-order valence-electron chi connectivity index (χ3n) is 4.86. The molecular weight excluding hydrogens is 238 g/mol. The molecule has 0 aromatic carbocycles. The minimum absolute atomic E-state index is 0.615. The van der Waals surface area contributed by atoms with Gasteiger partial charge in [0, 0.05) is 11.4 Å². The van der Waals surface area contributed by atoms with Gasteiger partial charge in [-0.05, 0) is 62.3 Å². The quantitative estimate of drug-likeness (QED) is 0.751. The van der Waals surface area contributed by atoms with Crippen molar-refractivity contribution in [2.75, 3.05) is 13.6 Å². The zero-order valence-corrected chi connectivity index (χ0v) is 10.5. The Morgan fingerprint density at radius 1 is 1.21 bits per heavy atom. The molecule has 14 heavy (non-hydrogen) atoms. The topological polar surface area (TPSA) is 12.0 Å². The number of rotatable bonds is 2. The highest BCUT2D eigenvalue weighted by atomic mass is 79.9. The van der Waals surface area contributed by atoms with Gasteiger partial charge in [0.25, 0.3) is 0 Å². The molecule has 5 atom stereocenters. The van der Waals surface area contributed by atoms with Crippen LogP contribution in [0.1, 0.15) is 32.1 Å². The van der Waals surface area contributed by atoms with Gasteiger partial charge in [-0.15, -0.1) is 0 Å². The molecule has 1 N–H and O–H groups in total. The van der Waals surface area contributed by atoms with Crippen LogP contribution in [0.3, 0.4) is 0 Å². The van der Waals surface area contributed by atoms with Crippen LogP contribution < -0.4 is 5.32 Å². The van der Waals surface area contributed by atoms with Crippen LogP contribution in [-0.4, -0.2) is 18.4 Å². The van der Waals surface area contributed by atoms with Gasteiger partial charge < -0.3 is 5.32 Å². The van der Waals surface area contributed by atoms with Crippen LogP contribution in [0.2, 0.25) is 0 Å². The Morgan fingerprint density at radius 3 is 2.43 bits per heavy atom. The van der Waals surface area contributed by atoms with E-state index in [2.05, 4.69) is 28.3 Å². The summed E-state index contributed by atoms with van der Waals surface area (Å²) < 4.78 is 0. The van der Waals surface area contributed by atoms with E-state index in [-0.39, 0.29) is 0 Å². The summed E-state index contributed by atoms with van der Waals surface area (Å²) in [5, 5.41) is 3.43. The molecule has 0 saturated heterocycles. The van der Waals surface area contributed by atoms with Gasteiger partial charge in [-0.2, -0.15) is 0 Å². The van der Waals surface area contributed by atoms with E-state index in [9.17, 15) is 0 Å². The van der Waals surface area contributed by atoms with E-state index in [0.717, 1.165) is 22.6 Å². The number of halogens is 1. The van der Waals surface area contributed by atoms with Gasteiger partial charge in [-0.25, -0.2) is 0 Å². The van der Waals surface area contributed by atoms with Crippen LogP contribution in [0.5, 0.6) is 0 Å². The molecule has 4 fully saturated rings. The maximum absolute atomic E-state index is 4.00. The average molecular weight is 258 g/mol. The largest absolute Gasteiger partial charge is 0.319 e. The van der Waals surface area contributed by atoms with Crippen molar-refractivity contribution >= 4 is 15.9 Å². The van der Waals surface area contributed by atoms with Crippen molar-refractivity contribution in [3.05, 3.63) is 0 Å². The lowest BCUT2D eigenvalue weighted by molar-refractivity contribution is -0.0406. The molecule has 0 aromatic heterocycles. The van der Waals surface area contributed by atoms with Crippen LogP contribution in [-0.2, 0) is 0 Å². The molecule has 2 heteroatoms. The smallest absolute Gasteiger partial charge is 0.0243 e. The van der Waals surface area contributed by atoms with Crippen molar-refractivity contribution in [2.45, 2.75) is 36.9 Å². The van der Waals surface area contributed by atoms with Crippen molar-refractivity contribution < 1.29 is 0 Å². The Morgan fingerprint density at radius 2 is 1.86 bits per heavy atom. The fourth-order valence-corrected chi connectivity index (χ4v) is 5.71. The van der Waals surface area contributed by atoms with Crippen molar-refractivity contribution in [1.29, 1.82) is 0 Å². The summed E-state index contributed by atoms with van der Waals surface area (Å²) in [6.45, 7) is 1.23. The molecule has 4 bridgehead atoms. The van der Waals surface area contributed by atoms with E-state index >= 15 is 0 Å². The monoisotopic (exact) mass is 257 g/mol. The molecule has 3 unspecified atom stereocenters. The SMILES string of the molecule is CNCC12C[C@@H]3CC(C[C@@H](C3)C1)C2Br. The lowest BCUT2D eigenvalue weighted by Gasteiger charge is -2.59. The summed E-state index contributed by atoms with van der Waals surface area (Å²) in [5.74, 6) is 3.12. The second-order valence-corrected chi connectivity index (χ2v) is 6.89. The van der Waals surface area contributed by atoms with Crippen LogP contribution >= 0.6 is 15.9 Å². The van der Waals surface area contributed by atoms with Gasteiger partial charge in [0.05, 0.1) is 0 Å². The van der Waals surface area contributed by atoms with Crippen LogP contribution in [0.4, 0.5) is 0 Å². The number of hydrogen-bond acceptors (Lipinski definition) is 1. The minimum Gasteiger partial charge on any atom is -0.319 e. The molecule has 4 aliphatic carbocycles. The maximum atomic E-state index is 4.00. The minimum atomic E-state index is 0.615. The third kappa shape index (κ3) is 1.23. The van der Waals surface area contributed by atoms with E-state index in [0.29, 0.717) is 5.41 Å². The highest BCUT2D eigenvalue weighted by Crippen LogP contribution is 2.61. The summed E-state index contributed by atoms with van der Waals surface area (Å²) in [7, 11) is 2.11. The first-order chi connectivity index (χ1) is 6.73. The van der Waals surface area contributed by atoms with E-state index in [4.69, 9.17) is 0 Å². The highest BCUT2D eigenvalue weighted by molar-refractivity contribution is 9.09. The van der Waals surface area contributed by atoms with E-state index in [1.165, 1.54) is 32.2 Å². The average Bonchev–Trinajstić information content (AvgIpc) is 2.13. The molecule has 4 saturated carbocycles. The van der Waals surface area contributed by atoms with E-state index in [1.807, 2.05) is 0 Å². The second kappa shape index (κ2) is 3.21.